The van der Waals surface area contributed by atoms with Crippen LogP contribution in [0.2, 0.25) is 0 Å². The number of carbonyl (C=O) groups excluding carboxylic acids is 1. The van der Waals surface area contributed by atoms with E-state index in [1.807, 2.05) is 31.4 Å². The molecule has 7 nitrogen and oxygen atoms in total. The Morgan fingerprint density at radius 2 is 1.82 bits per heavy atom. The van der Waals surface area contributed by atoms with Crippen molar-refractivity contribution < 1.29 is 9.18 Å². The SMILES string of the molecule is Cn1cc(-c2ccc(NC(=O)[C@H](NCCc3ccc(C#N)cc3)c3ccc(F)cc3)nc2)cn1. The highest BCUT2D eigenvalue weighted by atomic mass is 19.1. The zero-order valence-corrected chi connectivity index (χ0v) is 18.6. The van der Waals surface area contributed by atoms with Crippen LogP contribution in [0.3, 0.4) is 0 Å². The van der Waals surface area contributed by atoms with E-state index in [0.717, 1.165) is 16.7 Å². The number of benzene rings is 2. The van der Waals surface area contributed by atoms with E-state index in [-0.39, 0.29) is 11.7 Å². The molecule has 34 heavy (non-hydrogen) atoms. The average molecular weight is 455 g/mol. The summed E-state index contributed by atoms with van der Waals surface area (Å²) in [5, 5.41) is 19.2. The number of carbonyl (C=O) groups is 1. The third-order valence-corrected chi connectivity index (χ3v) is 5.36. The normalized spacial score (nSPS) is 11.6. The first-order valence-corrected chi connectivity index (χ1v) is 10.8. The van der Waals surface area contributed by atoms with Crippen molar-refractivity contribution in [1.29, 1.82) is 5.26 Å². The van der Waals surface area contributed by atoms with Crippen molar-refractivity contribution in [3.05, 3.63) is 102 Å². The van der Waals surface area contributed by atoms with Crippen molar-refractivity contribution in [3.8, 4) is 17.2 Å². The van der Waals surface area contributed by atoms with E-state index >= 15 is 0 Å². The molecule has 0 aliphatic heterocycles. The van der Waals surface area contributed by atoms with E-state index in [2.05, 4.69) is 26.8 Å². The predicted octanol–water partition coefficient (Wildman–Crippen LogP) is 4.00. The molecular weight excluding hydrogens is 431 g/mol. The summed E-state index contributed by atoms with van der Waals surface area (Å²) in [4.78, 5) is 17.5. The minimum atomic E-state index is -0.696. The maximum atomic E-state index is 13.5. The molecule has 0 aliphatic rings. The second kappa shape index (κ2) is 10.5. The average Bonchev–Trinajstić information content (AvgIpc) is 3.29. The first-order chi connectivity index (χ1) is 16.5. The van der Waals surface area contributed by atoms with Gasteiger partial charge in [0.1, 0.15) is 17.7 Å². The molecule has 4 rings (SSSR count). The van der Waals surface area contributed by atoms with Gasteiger partial charge in [0.2, 0.25) is 5.91 Å². The summed E-state index contributed by atoms with van der Waals surface area (Å²) >= 11 is 0. The number of rotatable bonds is 8. The van der Waals surface area contributed by atoms with E-state index in [9.17, 15) is 9.18 Å². The van der Waals surface area contributed by atoms with Gasteiger partial charge in [0.25, 0.3) is 0 Å². The highest BCUT2D eigenvalue weighted by molar-refractivity contribution is 5.95. The van der Waals surface area contributed by atoms with Crippen molar-refractivity contribution >= 4 is 11.7 Å². The molecule has 0 fully saturated rings. The Morgan fingerprint density at radius 3 is 2.44 bits per heavy atom. The molecule has 170 valence electrons. The lowest BCUT2D eigenvalue weighted by atomic mass is 10.0. The third kappa shape index (κ3) is 5.71. The van der Waals surface area contributed by atoms with E-state index in [1.54, 1.807) is 47.4 Å². The van der Waals surface area contributed by atoms with Crippen LogP contribution in [0.4, 0.5) is 10.2 Å². The van der Waals surface area contributed by atoms with Gasteiger partial charge in [-0.05, 0) is 53.9 Å². The molecular formula is C26H23FN6O. The van der Waals surface area contributed by atoms with Gasteiger partial charge in [-0.1, -0.05) is 24.3 Å². The zero-order chi connectivity index (χ0) is 23.9. The molecule has 2 aromatic carbocycles. The van der Waals surface area contributed by atoms with Crippen molar-refractivity contribution in [3.63, 3.8) is 0 Å². The first kappa shape index (κ1) is 22.8. The summed E-state index contributed by atoms with van der Waals surface area (Å²) in [7, 11) is 1.84. The minimum absolute atomic E-state index is 0.298. The Balaban J connectivity index is 1.44. The van der Waals surface area contributed by atoms with Gasteiger partial charge in [0.15, 0.2) is 0 Å². The molecule has 0 saturated heterocycles. The first-order valence-electron chi connectivity index (χ1n) is 10.8. The van der Waals surface area contributed by atoms with Gasteiger partial charge in [-0.2, -0.15) is 10.4 Å². The van der Waals surface area contributed by atoms with Gasteiger partial charge in [0, 0.05) is 37.1 Å². The van der Waals surface area contributed by atoms with Crippen molar-refractivity contribution in [2.24, 2.45) is 7.05 Å². The van der Waals surface area contributed by atoms with Crippen molar-refractivity contribution in [2.45, 2.75) is 12.5 Å². The molecule has 0 radical (unpaired) electrons. The van der Waals surface area contributed by atoms with Crippen LogP contribution in [-0.2, 0) is 18.3 Å². The quantitative estimate of drug-likeness (QED) is 0.420. The molecule has 0 aliphatic carbocycles. The summed E-state index contributed by atoms with van der Waals surface area (Å²) in [6, 6.07) is 18.2. The summed E-state index contributed by atoms with van der Waals surface area (Å²) in [5.41, 5.74) is 4.11. The van der Waals surface area contributed by atoms with Crippen LogP contribution >= 0.6 is 0 Å². The fourth-order valence-corrected chi connectivity index (χ4v) is 3.53. The third-order valence-electron chi connectivity index (χ3n) is 5.36. The number of amides is 1. The summed E-state index contributed by atoms with van der Waals surface area (Å²) in [6.07, 6.45) is 5.97. The van der Waals surface area contributed by atoms with Crippen LogP contribution in [0.5, 0.6) is 0 Å². The topological polar surface area (TPSA) is 95.6 Å². The van der Waals surface area contributed by atoms with Gasteiger partial charge in [-0.3, -0.25) is 9.48 Å². The van der Waals surface area contributed by atoms with E-state index in [0.29, 0.717) is 29.9 Å². The molecule has 2 heterocycles. The van der Waals surface area contributed by atoms with E-state index in [4.69, 9.17) is 5.26 Å². The Morgan fingerprint density at radius 1 is 1.06 bits per heavy atom. The highest BCUT2D eigenvalue weighted by Crippen LogP contribution is 2.20. The second-order valence-electron chi connectivity index (χ2n) is 7.82. The maximum Gasteiger partial charge on any atom is 0.247 e. The standard InChI is InChI=1S/C26H23FN6O/c1-33-17-22(16-31-33)21-8-11-24(30-15-21)32-26(34)25(20-6-9-23(27)10-7-20)29-13-12-18-2-4-19(14-28)5-3-18/h2-11,15-17,25,29H,12-13H2,1H3,(H,30,32,34)/t25-/m1/s1. The molecule has 0 unspecified atom stereocenters. The number of halogens is 1. The van der Waals surface area contributed by atoms with E-state index < -0.39 is 6.04 Å². The zero-order valence-electron chi connectivity index (χ0n) is 18.6. The second-order valence-corrected chi connectivity index (χ2v) is 7.82. The van der Waals surface area contributed by atoms with Gasteiger partial charge in [-0.15, -0.1) is 0 Å². The fraction of sp³-hybridized carbons (Fsp3) is 0.154. The van der Waals surface area contributed by atoms with Crippen LogP contribution in [0.1, 0.15) is 22.7 Å². The molecule has 8 heteroatoms. The lowest BCUT2D eigenvalue weighted by molar-refractivity contribution is -0.118. The Bertz CT molecular complexity index is 1290. The van der Waals surface area contributed by atoms with Gasteiger partial charge in [-0.25, -0.2) is 9.37 Å². The molecule has 0 spiro atoms. The number of nitrogens with zero attached hydrogens (tertiary/aromatic N) is 4. The van der Waals surface area contributed by atoms with Crippen LogP contribution in [0, 0.1) is 17.1 Å². The van der Waals surface area contributed by atoms with Gasteiger partial charge >= 0.3 is 0 Å². The molecule has 1 amide bonds. The predicted molar refractivity (Wildman–Crippen MR) is 127 cm³/mol. The number of aryl methyl sites for hydroxylation is 1. The van der Waals surface area contributed by atoms with Crippen LogP contribution in [0.25, 0.3) is 11.1 Å². The van der Waals surface area contributed by atoms with Crippen LogP contribution < -0.4 is 10.6 Å². The lowest BCUT2D eigenvalue weighted by Gasteiger charge is -2.19. The highest BCUT2D eigenvalue weighted by Gasteiger charge is 2.21. The van der Waals surface area contributed by atoms with Gasteiger partial charge in [0.05, 0.1) is 17.8 Å². The Labute approximate surface area is 196 Å². The van der Waals surface area contributed by atoms with E-state index in [1.165, 1.54) is 12.1 Å². The minimum Gasteiger partial charge on any atom is -0.309 e. The lowest BCUT2D eigenvalue weighted by Crippen LogP contribution is -2.34. The molecule has 0 saturated carbocycles. The van der Waals surface area contributed by atoms with Crippen molar-refractivity contribution in [1.82, 2.24) is 20.1 Å². The number of hydrogen-bond acceptors (Lipinski definition) is 5. The molecule has 0 bridgehead atoms. The number of nitrogens with one attached hydrogen (secondary N) is 2. The smallest absolute Gasteiger partial charge is 0.247 e. The van der Waals surface area contributed by atoms with Crippen molar-refractivity contribution in [2.75, 3.05) is 11.9 Å². The summed E-state index contributed by atoms with van der Waals surface area (Å²) < 4.78 is 15.2. The summed E-state index contributed by atoms with van der Waals surface area (Å²) in [5.74, 6) is -0.250. The Hall–Kier alpha value is -4.35. The van der Waals surface area contributed by atoms with Crippen LogP contribution in [-0.4, -0.2) is 27.2 Å². The Kier molecular flexibility index (Phi) is 7.06. The summed E-state index contributed by atoms with van der Waals surface area (Å²) in [6.45, 7) is 0.509. The number of pyridine rings is 1. The number of nitriles is 1. The fourth-order valence-electron chi connectivity index (χ4n) is 3.53. The monoisotopic (exact) mass is 454 g/mol. The number of hydrogen-bond donors (Lipinski definition) is 2. The molecule has 2 N–H and O–H groups in total. The largest absolute Gasteiger partial charge is 0.309 e. The molecule has 4 aromatic rings. The maximum absolute atomic E-state index is 13.5. The van der Waals surface area contributed by atoms with Crippen LogP contribution in [0.15, 0.2) is 79.3 Å². The number of aromatic nitrogens is 3. The molecule has 2 aromatic heterocycles. The molecule has 1 atom stereocenters. The van der Waals surface area contributed by atoms with Gasteiger partial charge < -0.3 is 10.6 Å². The number of anilines is 1.